The molecule has 3 aromatic rings. The number of ether oxygens (including phenoxy) is 1. The van der Waals surface area contributed by atoms with Gasteiger partial charge in [0.25, 0.3) is 11.6 Å². The average molecular weight is 557 g/mol. The lowest BCUT2D eigenvalue weighted by atomic mass is 10.1. The van der Waals surface area contributed by atoms with Gasteiger partial charge in [-0.25, -0.2) is 4.99 Å². The molecule has 3 aromatic carbocycles. The summed E-state index contributed by atoms with van der Waals surface area (Å²) in [5.41, 5.74) is 5.90. The highest BCUT2D eigenvalue weighted by Gasteiger charge is 2.39. The molecule has 0 unspecified atom stereocenters. The number of carbonyl (C=O) groups excluding carboxylic acids is 1. The molecule has 1 fully saturated rings. The number of fused-ring (bicyclic) bond motifs is 4. The fourth-order valence-electron chi connectivity index (χ4n) is 5.06. The summed E-state index contributed by atoms with van der Waals surface area (Å²) in [6.45, 7) is 6.96. The van der Waals surface area contributed by atoms with Crippen LogP contribution in [0, 0.1) is 10.1 Å². The van der Waals surface area contributed by atoms with Crippen molar-refractivity contribution in [3.8, 4) is 16.9 Å². The number of non-ortho nitro benzene ring substituents is 1. The Labute approximate surface area is 234 Å². The van der Waals surface area contributed by atoms with Gasteiger partial charge < -0.3 is 9.64 Å². The molecule has 0 spiro atoms. The Balaban J connectivity index is 1.34. The molecule has 0 saturated carbocycles. The quantitative estimate of drug-likeness (QED) is 0.113. The van der Waals surface area contributed by atoms with Gasteiger partial charge in [-0.15, -0.1) is 6.58 Å². The highest BCUT2D eigenvalue weighted by Crippen LogP contribution is 2.51. The summed E-state index contributed by atoms with van der Waals surface area (Å²) in [5, 5.41) is 12.7. The number of nitro benzene ring substituents is 1. The monoisotopic (exact) mass is 556 g/mol. The second kappa shape index (κ2) is 9.94. The second-order valence-corrected chi connectivity index (χ2v) is 11.1. The van der Waals surface area contributed by atoms with Crippen molar-refractivity contribution in [2.24, 2.45) is 4.99 Å². The fraction of sp³-hybridized carbons (Fsp3) is 0.172. The van der Waals surface area contributed by atoms with E-state index in [4.69, 9.17) is 9.73 Å². The molecule has 196 valence electrons. The first-order chi connectivity index (χ1) is 18.9. The smallest absolute Gasteiger partial charge is 0.269 e. The van der Waals surface area contributed by atoms with E-state index in [2.05, 4.69) is 18.4 Å². The van der Waals surface area contributed by atoms with Gasteiger partial charge in [-0.1, -0.05) is 23.9 Å². The summed E-state index contributed by atoms with van der Waals surface area (Å²) in [5.74, 6) is 0.675. The predicted molar refractivity (Wildman–Crippen MR) is 157 cm³/mol. The maximum absolute atomic E-state index is 13.6. The van der Waals surface area contributed by atoms with E-state index in [1.54, 1.807) is 42.0 Å². The third kappa shape index (κ3) is 4.29. The number of carbonyl (C=O) groups is 1. The Morgan fingerprint density at radius 2 is 1.85 bits per heavy atom. The number of amidine groups is 1. The van der Waals surface area contributed by atoms with Crippen LogP contribution >= 0.6 is 23.5 Å². The van der Waals surface area contributed by atoms with Crippen LogP contribution < -0.4 is 9.64 Å². The van der Waals surface area contributed by atoms with Gasteiger partial charge >= 0.3 is 0 Å². The van der Waals surface area contributed by atoms with Crippen LogP contribution in [0.3, 0.4) is 0 Å². The minimum atomic E-state index is -0.368. The molecule has 1 aliphatic carbocycles. The summed E-state index contributed by atoms with van der Waals surface area (Å²) in [4.78, 5) is 34.9. The van der Waals surface area contributed by atoms with Crippen LogP contribution in [0.1, 0.15) is 18.1 Å². The number of anilines is 1. The van der Waals surface area contributed by atoms with Crippen molar-refractivity contribution in [1.82, 2.24) is 4.90 Å². The first-order valence-electron chi connectivity index (χ1n) is 12.4. The zero-order valence-electron chi connectivity index (χ0n) is 21.3. The van der Waals surface area contributed by atoms with Crippen molar-refractivity contribution >= 4 is 51.7 Å². The van der Waals surface area contributed by atoms with Crippen LogP contribution in [0.5, 0.6) is 5.75 Å². The van der Waals surface area contributed by atoms with Crippen LogP contribution in [0.15, 0.2) is 87.1 Å². The predicted octanol–water partition coefficient (Wildman–Crippen LogP) is 6.72. The van der Waals surface area contributed by atoms with Crippen LogP contribution in [0.4, 0.5) is 17.1 Å². The minimum absolute atomic E-state index is 0.0926. The molecule has 0 N–H and O–H groups in total. The highest BCUT2D eigenvalue weighted by atomic mass is 32.2. The molecule has 10 heteroatoms. The largest absolute Gasteiger partial charge is 0.497 e. The van der Waals surface area contributed by atoms with Crippen molar-refractivity contribution in [2.45, 2.75) is 18.2 Å². The molecule has 3 aliphatic rings. The van der Waals surface area contributed by atoms with E-state index in [0.29, 0.717) is 29.6 Å². The maximum Gasteiger partial charge on any atom is 0.269 e. The Bertz CT molecular complexity index is 1630. The lowest BCUT2D eigenvalue weighted by Gasteiger charge is -2.19. The molecule has 8 nitrogen and oxygen atoms in total. The Hall–Kier alpha value is -4.02. The Morgan fingerprint density at radius 1 is 1.08 bits per heavy atom. The molecule has 2 heterocycles. The van der Waals surface area contributed by atoms with Gasteiger partial charge in [0, 0.05) is 36.2 Å². The van der Waals surface area contributed by atoms with Crippen molar-refractivity contribution in [3.05, 3.63) is 98.4 Å². The minimum Gasteiger partial charge on any atom is -0.497 e. The standard InChI is InChI=1S/C29H24N4O4S2/c1-4-12-32-27(34)26(28-31(5-2)24-16-21(37-3)8-11-25(24)38-28)39-29(32)30-19-6-9-22-17(14-19)13-18-15-20(33(35)36)7-10-23(18)22/h4,6-11,14-16H,1,5,12-13H2,2-3H3/b28-26-,30-29?. The van der Waals surface area contributed by atoms with Crippen LogP contribution in [0.2, 0.25) is 0 Å². The lowest BCUT2D eigenvalue weighted by molar-refractivity contribution is -0.384. The number of aliphatic imine (C=N–C) groups is 1. The molecule has 1 amide bonds. The number of hydrogen-bond donors (Lipinski definition) is 0. The fourth-order valence-corrected chi connectivity index (χ4v) is 7.44. The zero-order valence-corrected chi connectivity index (χ0v) is 23.0. The Morgan fingerprint density at radius 3 is 2.56 bits per heavy atom. The van der Waals surface area contributed by atoms with Crippen LogP contribution in [0.25, 0.3) is 11.1 Å². The van der Waals surface area contributed by atoms with Crippen LogP contribution in [-0.2, 0) is 11.2 Å². The van der Waals surface area contributed by atoms with Crippen molar-refractivity contribution < 1.29 is 14.5 Å². The van der Waals surface area contributed by atoms with Gasteiger partial charge in [-0.05, 0) is 77.7 Å². The summed E-state index contributed by atoms with van der Waals surface area (Å²) < 4.78 is 5.42. The normalized spacial score (nSPS) is 18.4. The molecule has 2 aliphatic heterocycles. The molecule has 0 radical (unpaired) electrons. The van der Waals surface area contributed by atoms with Gasteiger partial charge in [0.05, 0.1) is 23.4 Å². The lowest BCUT2D eigenvalue weighted by Crippen LogP contribution is -2.30. The SMILES string of the molecule is C=CCN1C(=O)/C(=C2/Sc3ccc(OC)cc3N2CC)SC1=Nc1ccc2c(c1)Cc1cc([N+](=O)[O-])ccc1-2. The number of nitro groups is 1. The molecule has 39 heavy (non-hydrogen) atoms. The van der Waals surface area contributed by atoms with Crippen molar-refractivity contribution in [3.63, 3.8) is 0 Å². The van der Waals surface area contributed by atoms with Crippen molar-refractivity contribution in [2.75, 3.05) is 25.1 Å². The maximum atomic E-state index is 13.6. The van der Waals surface area contributed by atoms with E-state index in [0.717, 1.165) is 49.3 Å². The number of hydrogen-bond acceptors (Lipinski definition) is 8. The van der Waals surface area contributed by atoms with Crippen molar-refractivity contribution in [1.29, 1.82) is 0 Å². The molecule has 0 bridgehead atoms. The number of amides is 1. The number of nitrogens with zero attached hydrogens (tertiary/aromatic N) is 4. The van der Waals surface area contributed by atoms with E-state index in [1.807, 2.05) is 42.5 Å². The van der Waals surface area contributed by atoms with E-state index >= 15 is 0 Å². The first-order valence-corrected chi connectivity index (χ1v) is 14.0. The summed E-state index contributed by atoms with van der Waals surface area (Å²) in [6, 6.07) is 16.9. The van der Waals surface area contributed by atoms with Gasteiger partial charge in [0.15, 0.2) is 5.17 Å². The summed E-state index contributed by atoms with van der Waals surface area (Å²) in [7, 11) is 1.65. The summed E-state index contributed by atoms with van der Waals surface area (Å²) >= 11 is 2.96. The first kappa shape index (κ1) is 25.3. The molecule has 0 atom stereocenters. The molecule has 1 saturated heterocycles. The third-order valence-electron chi connectivity index (χ3n) is 6.88. The van der Waals surface area contributed by atoms with Gasteiger partial charge in [-0.2, -0.15) is 0 Å². The topological polar surface area (TPSA) is 88.3 Å². The average Bonchev–Trinajstić information content (AvgIpc) is 3.58. The van der Waals surface area contributed by atoms with E-state index in [1.165, 1.54) is 11.8 Å². The number of methoxy groups -OCH3 is 1. The molecule has 6 rings (SSSR count). The molecule has 0 aromatic heterocycles. The van der Waals surface area contributed by atoms with E-state index < -0.39 is 0 Å². The second-order valence-electron chi connectivity index (χ2n) is 9.13. The van der Waals surface area contributed by atoms with E-state index in [-0.39, 0.29) is 16.5 Å². The van der Waals surface area contributed by atoms with Gasteiger partial charge in [0.1, 0.15) is 15.7 Å². The summed E-state index contributed by atoms with van der Waals surface area (Å²) in [6.07, 6.45) is 2.30. The van der Waals surface area contributed by atoms with Gasteiger partial charge in [-0.3, -0.25) is 19.8 Å². The Kier molecular flexibility index (Phi) is 6.44. The third-order valence-corrected chi connectivity index (χ3v) is 9.26. The van der Waals surface area contributed by atoms with E-state index in [9.17, 15) is 14.9 Å². The molecular weight excluding hydrogens is 532 g/mol. The van der Waals surface area contributed by atoms with Crippen LogP contribution in [-0.4, -0.2) is 41.1 Å². The molecular formula is C29H24N4O4S2. The van der Waals surface area contributed by atoms with Gasteiger partial charge in [0.2, 0.25) is 0 Å². The number of rotatable bonds is 6. The number of benzene rings is 3. The highest BCUT2D eigenvalue weighted by molar-refractivity contribution is 8.19. The zero-order chi connectivity index (χ0) is 27.3. The number of thioether (sulfide) groups is 2.